The number of unbranched alkanes of at least 4 members (excludes halogenated alkanes) is 1. The van der Waals surface area contributed by atoms with E-state index in [1.54, 1.807) is 0 Å². The van der Waals surface area contributed by atoms with Gasteiger partial charge < -0.3 is 14.6 Å². The third-order valence-electron chi connectivity index (χ3n) is 1.78. The van der Waals surface area contributed by atoms with Gasteiger partial charge in [0.15, 0.2) is 0 Å². The normalized spacial score (nSPS) is 11.0. The minimum absolute atomic E-state index is 0.162. The van der Waals surface area contributed by atoms with E-state index in [0.29, 0.717) is 12.8 Å². The van der Waals surface area contributed by atoms with Gasteiger partial charge in [0.25, 0.3) is 0 Å². The van der Waals surface area contributed by atoms with E-state index in [1.165, 1.54) is 19.9 Å². The van der Waals surface area contributed by atoms with Crippen molar-refractivity contribution < 1.29 is 24.2 Å². The largest absolute Gasteiger partial charge is 0.545 e. The minimum atomic E-state index is -1.20. The molecule has 0 unspecified atom stereocenters. The van der Waals surface area contributed by atoms with Gasteiger partial charge in [-0.05, 0) is 32.3 Å². The molecule has 0 saturated carbocycles. The third kappa shape index (κ3) is 7.73. The zero-order valence-electron chi connectivity index (χ0n) is 9.45. The summed E-state index contributed by atoms with van der Waals surface area (Å²) in [4.78, 5) is 31.7. The molecule has 0 aromatic heterocycles. The van der Waals surface area contributed by atoms with Gasteiger partial charge in [0.2, 0.25) is 0 Å². The lowest BCUT2D eigenvalue weighted by molar-refractivity contribution is -0.299. The van der Waals surface area contributed by atoms with E-state index in [0.717, 1.165) is 0 Å². The predicted molar refractivity (Wildman–Crippen MR) is 54.3 cm³/mol. The molecule has 0 aromatic carbocycles. The van der Waals surface area contributed by atoms with Crippen molar-refractivity contribution in [2.24, 2.45) is 0 Å². The number of carbonyl (C=O) groups is 3. The van der Waals surface area contributed by atoms with Gasteiger partial charge >= 0.3 is 5.97 Å². The lowest BCUT2D eigenvalue weighted by atomic mass is 10.2. The van der Waals surface area contributed by atoms with Crippen LogP contribution in [0.4, 0.5) is 0 Å². The molecule has 0 amide bonds. The number of hydrogen-bond acceptors (Lipinski definition) is 5. The van der Waals surface area contributed by atoms with Gasteiger partial charge in [-0.2, -0.15) is 0 Å². The van der Waals surface area contributed by atoms with E-state index in [2.05, 4.69) is 0 Å². The van der Waals surface area contributed by atoms with E-state index >= 15 is 0 Å². The van der Waals surface area contributed by atoms with E-state index in [4.69, 9.17) is 4.74 Å². The molecule has 0 atom stereocenters. The molecule has 0 N–H and O–H groups in total. The Morgan fingerprint density at radius 2 is 1.88 bits per heavy atom. The molecule has 0 heterocycles. The lowest BCUT2D eigenvalue weighted by Crippen LogP contribution is -2.22. The smallest absolute Gasteiger partial charge is 0.313 e. The monoisotopic (exact) mass is 227 g/mol. The van der Waals surface area contributed by atoms with Crippen LogP contribution in [0.25, 0.3) is 0 Å². The van der Waals surface area contributed by atoms with Crippen LogP contribution in [0.15, 0.2) is 11.6 Å². The molecule has 0 aliphatic carbocycles. The van der Waals surface area contributed by atoms with Crippen molar-refractivity contribution in [1.82, 2.24) is 0 Å². The highest BCUT2D eigenvalue weighted by Gasteiger charge is 2.05. The van der Waals surface area contributed by atoms with Crippen molar-refractivity contribution in [3.8, 4) is 0 Å². The number of ketones is 1. The van der Waals surface area contributed by atoms with Crippen molar-refractivity contribution in [3.05, 3.63) is 11.6 Å². The Hall–Kier alpha value is -1.65. The molecule has 5 heteroatoms. The predicted octanol–water partition coefficient (Wildman–Crippen LogP) is -0.0149. The SMILES string of the molecule is CC(=O)CC(=O)OCCC/C=C(\C)C(=O)[O-]. The van der Waals surface area contributed by atoms with Gasteiger partial charge in [-0.3, -0.25) is 9.59 Å². The molecule has 5 nitrogen and oxygen atoms in total. The second kappa shape index (κ2) is 7.62. The highest BCUT2D eigenvalue weighted by atomic mass is 16.5. The van der Waals surface area contributed by atoms with Crippen LogP contribution >= 0.6 is 0 Å². The molecule has 0 aromatic rings. The maximum absolute atomic E-state index is 10.9. The van der Waals surface area contributed by atoms with Crippen LogP contribution in [0.2, 0.25) is 0 Å². The molecular formula is C11H15O5-. The summed E-state index contributed by atoms with van der Waals surface area (Å²) in [6.07, 6.45) is 2.31. The molecular weight excluding hydrogens is 212 g/mol. The van der Waals surface area contributed by atoms with Gasteiger partial charge in [0.05, 0.1) is 12.6 Å². The van der Waals surface area contributed by atoms with Crippen LogP contribution in [0, 0.1) is 0 Å². The van der Waals surface area contributed by atoms with Crippen LogP contribution in [0.3, 0.4) is 0 Å². The average Bonchev–Trinajstić information content (AvgIpc) is 2.15. The summed E-state index contributed by atoms with van der Waals surface area (Å²) < 4.78 is 4.74. The quantitative estimate of drug-likeness (QED) is 0.264. The van der Waals surface area contributed by atoms with Crippen molar-refractivity contribution in [3.63, 3.8) is 0 Å². The van der Waals surface area contributed by atoms with Crippen LogP contribution < -0.4 is 5.11 Å². The second-order valence-electron chi connectivity index (χ2n) is 3.42. The first-order valence-electron chi connectivity index (χ1n) is 4.96. The number of Topliss-reactive ketones (excluding diaryl/α,β-unsaturated/α-hetero) is 1. The highest BCUT2D eigenvalue weighted by molar-refractivity contribution is 5.94. The van der Waals surface area contributed by atoms with Crippen molar-refractivity contribution in [2.45, 2.75) is 33.1 Å². The lowest BCUT2D eigenvalue weighted by Gasteiger charge is -2.03. The van der Waals surface area contributed by atoms with Crippen molar-refractivity contribution in [2.75, 3.05) is 6.61 Å². The third-order valence-corrected chi connectivity index (χ3v) is 1.78. The Labute approximate surface area is 94.1 Å². The number of carboxylic acids is 1. The maximum Gasteiger partial charge on any atom is 0.313 e. The number of hydrogen-bond donors (Lipinski definition) is 0. The average molecular weight is 227 g/mol. The van der Waals surface area contributed by atoms with Crippen LogP contribution in [0.1, 0.15) is 33.1 Å². The summed E-state index contributed by atoms with van der Waals surface area (Å²) in [5.74, 6) is -1.99. The van der Waals surface area contributed by atoms with Gasteiger partial charge in [-0.1, -0.05) is 6.08 Å². The Morgan fingerprint density at radius 1 is 1.25 bits per heavy atom. The minimum Gasteiger partial charge on any atom is -0.545 e. The number of esters is 1. The van der Waals surface area contributed by atoms with E-state index < -0.39 is 11.9 Å². The summed E-state index contributed by atoms with van der Waals surface area (Å²) in [6.45, 7) is 2.94. The van der Waals surface area contributed by atoms with Gasteiger partial charge in [0.1, 0.15) is 12.2 Å². The summed E-state index contributed by atoms with van der Waals surface area (Å²) >= 11 is 0. The highest BCUT2D eigenvalue weighted by Crippen LogP contribution is 1.99. The zero-order valence-corrected chi connectivity index (χ0v) is 9.45. The van der Waals surface area contributed by atoms with E-state index in [1.807, 2.05) is 0 Å². The molecule has 0 saturated heterocycles. The van der Waals surface area contributed by atoms with Crippen LogP contribution in [0.5, 0.6) is 0 Å². The Bertz CT molecular complexity index is 303. The van der Waals surface area contributed by atoms with E-state index in [-0.39, 0.29) is 24.4 Å². The molecule has 90 valence electrons. The molecule has 16 heavy (non-hydrogen) atoms. The molecule has 0 fully saturated rings. The fourth-order valence-electron chi connectivity index (χ4n) is 0.926. The Kier molecular flexibility index (Phi) is 6.83. The molecule has 0 bridgehead atoms. The Morgan fingerprint density at radius 3 is 2.38 bits per heavy atom. The standard InChI is InChI=1S/C11H16O5/c1-8(11(14)15)5-3-4-6-16-10(13)7-9(2)12/h5H,3-4,6-7H2,1-2H3,(H,14,15)/p-1/b8-5+. The van der Waals surface area contributed by atoms with Gasteiger partial charge in [-0.25, -0.2) is 0 Å². The molecule has 0 radical (unpaired) electrons. The molecule has 0 aliphatic heterocycles. The van der Waals surface area contributed by atoms with Gasteiger partial charge in [0, 0.05) is 0 Å². The summed E-state index contributed by atoms with van der Waals surface area (Å²) in [5.41, 5.74) is 0.162. The fraction of sp³-hybridized carbons (Fsp3) is 0.545. The number of carbonyl (C=O) groups excluding carboxylic acids is 3. The number of allylic oxidation sites excluding steroid dienone is 1. The number of aliphatic carboxylic acids is 1. The number of ether oxygens (including phenoxy) is 1. The Balaban J connectivity index is 3.61. The first-order chi connectivity index (χ1) is 7.43. The number of carboxylic acid groups (broad SMARTS) is 1. The summed E-state index contributed by atoms with van der Waals surface area (Å²) in [6, 6.07) is 0. The maximum atomic E-state index is 10.9. The molecule has 0 rings (SSSR count). The fourth-order valence-corrected chi connectivity index (χ4v) is 0.926. The number of rotatable bonds is 7. The van der Waals surface area contributed by atoms with Gasteiger partial charge in [-0.15, -0.1) is 0 Å². The van der Waals surface area contributed by atoms with Crippen molar-refractivity contribution >= 4 is 17.7 Å². The second-order valence-corrected chi connectivity index (χ2v) is 3.42. The summed E-state index contributed by atoms with van der Waals surface area (Å²) in [7, 11) is 0. The van der Waals surface area contributed by atoms with Crippen molar-refractivity contribution in [1.29, 1.82) is 0 Å². The molecule has 0 spiro atoms. The topological polar surface area (TPSA) is 83.5 Å². The summed E-state index contributed by atoms with van der Waals surface area (Å²) in [5, 5.41) is 10.3. The first kappa shape index (κ1) is 14.3. The van der Waals surface area contributed by atoms with Crippen LogP contribution in [-0.4, -0.2) is 24.3 Å². The molecule has 0 aliphatic rings. The zero-order chi connectivity index (χ0) is 12.6. The van der Waals surface area contributed by atoms with E-state index in [9.17, 15) is 19.5 Å². The van der Waals surface area contributed by atoms with Crippen LogP contribution in [-0.2, 0) is 19.1 Å². The first-order valence-corrected chi connectivity index (χ1v) is 4.96.